The number of halogens is 1. The van der Waals surface area contributed by atoms with E-state index < -0.39 is 5.60 Å². The van der Waals surface area contributed by atoms with E-state index in [4.69, 9.17) is 21.1 Å². The number of aromatic hydroxyl groups is 1. The Morgan fingerprint density at radius 2 is 1.66 bits per heavy atom. The fourth-order valence-corrected chi connectivity index (χ4v) is 4.42. The van der Waals surface area contributed by atoms with Crippen LogP contribution in [0.4, 0.5) is 0 Å². The van der Waals surface area contributed by atoms with Crippen LogP contribution in [0.1, 0.15) is 24.0 Å². The Balaban J connectivity index is 1.51. The number of benzene rings is 3. The molecule has 0 radical (unpaired) electrons. The van der Waals surface area contributed by atoms with Crippen molar-refractivity contribution in [3.05, 3.63) is 76.8 Å². The van der Waals surface area contributed by atoms with Crippen LogP contribution in [0.25, 0.3) is 11.1 Å². The van der Waals surface area contributed by atoms with Crippen LogP contribution in [0.2, 0.25) is 5.02 Å². The molecule has 0 spiro atoms. The Morgan fingerprint density at radius 3 is 2.31 bits per heavy atom. The van der Waals surface area contributed by atoms with E-state index in [0.717, 1.165) is 46.8 Å². The Hall–Kier alpha value is -2.73. The van der Waals surface area contributed by atoms with E-state index in [1.54, 1.807) is 20.3 Å². The molecule has 3 aromatic rings. The lowest BCUT2D eigenvalue weighted by molar-refractivity contribution is -0.0278. The SMILES string of the molecule is COc1ccc(OC)c(-c2ccc(O)c(CN3CCC(O)(c4ccc(Cl)cc4)CC3)c2)c1. The molecule has 1 aliphatic heterocycles. The summed E-state index contributed by atoms with van der Waals surface area (Å²) in [4.78, 5) is 2.26. The molecule has 2 N–H and O–H groups in total. The van der Waals surface area contributed by atoms with Crippen LogP contribution < -0.4 is 9.47 Å². The van der Waals surface area contributed by atoms with Crippen molar-refractivity contribution in [2.45, 2.75) is 25.0 Å². The monoisotopic (exact) mass is 453 g/mol. The Kier molecular flexibility index (Phi) is 6.60. The number of methoxy groups -OCH3 is 2. The summed E-state index contributed by atoms with van der Waals surface area (Å²) in [6, 6.07) is 18.7. The number of nitrogens with zero attached hydrogens (tertiary/aromatic N) is 1. The summed E-state index contributed by atoms with van der Waals surface area (Å²) in [5.74, 6) is 1.75. The Morgan fingerprint density at radius 1 is 0.938 bits per heavy atom. The van der Waals surface area contributed by atoms with Crippen LogP contribution in [0.15, 0.2) is 60.7 Å². The predicted molar refractivity (Wildman–Crippen MR) is 127 cm³/mol. The number of hydrogen-bond acceptors (Lipinski definition) is 5. The van der Waals surface area contributed by atoms with Gasteiger partial charge in [0, 0.05) is 35.8 Å². The highest BCUT2D eigenvalue weighted by molar-refractivity contribution is 6.30. The first kappa shape index (κ1) is 22.5. The van der Waals surface area contributed by atoms with Gasteiger partial charge in [-0.15, -0.1) is 0 Å². The minimum absolute atomic E-state index is 0.258. The highest BCUT2D eigenvalue weighted by Crippen LogP contribution is 2.37. The lowest BCUT2D eigenvalue weighted by Crippen LogP contribution is -2.42. The van der Waals surface area contributed by atoms with Crippen molar-refractivity contribution < 1.29 is 19.7 Å². The second kappa shape index (κ2) is 9.41. The second-order valence-corrected chi connectivity index (χ2v) is 8.66. The summed E-state index contributed by atoms with van der Waals surface area (Å²) in [5, 5.41) is 22.3. The number of piperidine rings is 1. The predicted octanol–water partition coefficient (Wildman–Crippen LogP) is 5.21. The molecule has 0 bridgehead atoms. The van der Waals surface area contributed by atoms with Crippen LogP contribution in [-0.4, -0.2) is 42.4 Å². The van der Waals surface area contributed by atoms with Gasteiger partial charge in [0.15, 0.2) is 0 Å². The molecular weight excluding hydrogens is 426 g/mol. The van der Waals surface area contributed by atoms with Crippen LogP contribution in [-0.2, 0) is 12.1 Å². The van der Waals surface area contributed by atoms with Gasteiger partial charge in [0.05, 0.1) is 19.8 Å². The molecule has 32 heavy (non-hydrogen) atoms. The number of phenolic OH excluding ortho intramolecular Hbond substituents is 1. The first-order valence-corrected chi connectivity index (χ1v) is 11.0. The van der Waals surface area contributed by atoms with Crippen molar-refractivity contribution in [3.8, 4) is 28.4 Å². The Labute approximate surface area is 193 Å². The highest BCUT2D eigenvalue weighted by Gasteiger charge is 2.34. The average Bonchev–Trinajstić information content (AvgIpc) is 2.82. The normalized spacial score (nSPS) is 16.0. The van der Waals surface area contributed by atoms with E-state index in [1.165, 1.54) is 0 Å². The molecule has 0 unspecified atom stereocenters. The lowest BCUT2D eigenvalue weighted by atomic mass is 9.84. The maximum absolute atomic E-state index is 11.1. The third-order valence-corrected chi connectivity index (χ3v) is 6.51. The number of phenols is 1. The fourth-order valence-electron chi connectivity index (χ4n) is 4.29. The highest BCUT2D eigenvalue weighted by atomic mass is 35.5. The summed E-state index contributed by atoms with van der Waals surface area (Å²) in [6.07, 6.45) is 1.25. The van der Waals surface area contributed by atoms with E-state index in [1.807, 2.05) is 54.6 Å². The molecule has 6 heteroatoms. The molecular formula is C26H28ClNO4. The maximum atomic E-state index is 11.1. The molecule has 0 aromatic heterocycles. The molecule has 0 saturated carbocycles. The molecule has 168 valence electrons. The van der Waals surface area contributed by atoms with Gasteiger partial charge >= 0.3 is 0 Å². The summed E-state index contributed by atoms with van der Waals surface area (Å²) < 4.78 is 10.9. The summed E-state index contributed by atoms with van der Waals surface area (Å²) in [7, 11) is 3.28. The Bertz CT molecular complexity index is 1080. The first-order valence-electron chi connectivity index (χ1n) is 10.7. The third kappa shape index (κ3) is 4.70. The zero-order valence-corrected chi connectivity index (χ0v) is 19.1. The second-order valence-electron chi connectivity index (χ2n) is 8.22. The van der Waals surface area contributed by atoms with E-state index in [9.17, 15) is 10.2 Å². The van der Waals surface area contributed by atoms with Crippen molar-refractivity contribution >= 4 is 11.6 Å². The number of aliphatic hydroxyl groups is 1. The van der Waals surface area contributed by atoms with Crippen molar-refractivity contribution in [1.29, 1.82) is 0 Å². The van der Waals surface area contributed by atoms with Gasteiger partial charge in [-0.25, -0.2) is 0 Å². The zero-order chi connectivity index (χ0) is 22.7. The van der Waals surface area contributed by atoms with Crippen LogP contribution in [0.5, 0.6) is 17.2 Å². The molecule has 0 aliphatic carbocycles. The molecule has 5 nitrogen and oxygen atoms in total. The van der Waals surface area contributed by atoms with Crippen LogP contribution in [0, 0.1) is 0 Å². The number of hydrogen-bond donors (Lipinski definition) is 2. The van der Waals surface area contributed by atoms with Gasteiger partial charge in [-0.2, -0.15) is 0 Å². The van der Waals surface area contributed by atoms with Gasteiger partial charge in [0.2, 0.25) is 0 Å². The lowest BCUT2D eigenvalue weighted by Gasteiger charge is -2.38. The third-order valence-electron chi connectivity index (χ3n) is 6.26. The first-order chi connectivity index (χ1) is 15.4. The van der Waals surface area contributed by atoms with Gasteiger partial charge in [-0.1, -0.05) is 29.8 Å². The number of rotatable bonds is 6. The summed E-state index contributed by atoms with van der Waals surface area (Å²) >= 11 is 5.99. The van der Waals surface area contributed by atoms with E-state index in [2.05, 4.69) is 4.90 Å². The van der Waals surface area contributed by atoms with Crippen LogP contribution >= 0.6 is 11.6 Å². The van der Waals surface area contributed by atoms with Gasteiger partial charge in [-0.05, 0) is 66.4 Å². The molecule has 3 aromatic carbocycles. The van der Waals surface area contributed by atoms with Gasteiger partial charge in [0.1, 0.15) is 17.2 Å². The molecule has 0 amide bonds. The molecule has 0 atom stereocenters. The minimum Gasteiger partial charge on any atom is -0.508 e. The smallest absolute Gasteiger partial charge is 0.126 e. The van der Waals surface area contributed by atoms with Crippen LogP contribution in [0.3, 0.4) is 0 Å². The van der Waals surface area contributed by atoms with Crippen molar-refractivity contribution in [2.24, 2.45) is 0 Å². The average molecular weight is 454 g/mol. The quantitative estimate of drug-likeness (QED) is 0.536. The zero-order valence-electron chi connectivity index (χ0n) is 18.3. The molecule has 1 aliphatic rings. The summed E-state index contributed by atoms with van der Waals surface area (Å²) in [5.41, 5.74) is 2.74. The molecule has 1 saturated heterocycles. The van der Waals surface area contributed by atoms with E-state index in [0.29, 0.717) is 24.4 Å². The largest absolute Gasteiger partial charge is 0.508 e. The molecule has 4 rings (SSSR count). The maximum Gasteiger partial charge on any atom is 0.126 e. The molecule has 1 heterocycles. The fraction of sp³-hybridized carbons (Fsp3) is 0.308. The molecule has 1 fully saturated rings. The van der Waals surface area contributed by atoms with Crippen molar-refractivity contribution in [3.63, 3.8) is 0 Å². The van der Waals surface area contributed by atoms with Crippen molar-refractivity contribution in [2.75, 3.05) is 27.3 Å². The van der Waals surface area contributed by atoms with E-state index in [-0.39, 0.29) is 5.75 Å². The van der Waals surface area contributed by atoms with Gasteiger partial charge in [-0.3, -0.25) is 4.90 Å². The van der Waals surface area contributed by atoms with Crippen molar-refractivity contribution in [1.82, 2.24) is 4.90 Å². The number of ether oxygens (including phenoxy) is 2. The van der Waals surface area contributed by atoms with Gasteiger partial charge < -0.3 is 19.7 Å². The summed E-state index contributed by atoms with van der Waals surface area (Å²) in [6.45, 7) is 2.05. The van der Waals surface area contributed by atoms with Gasteiger partial charge in [0.25, 0.3) is 0 Å². The van der Waals surface area contributed by atoms with E-state index >= 15 is 0 Å². The minimum atomic E-state index is -0.848. The number of likely N-dealkylation sites (tertiary alicyclic amines) is 1. The standard InChI is InChI=1S/C26H28ClNO4/c1-31-22-8-10-25(32-2)23(16-22)18-3-9-24(29)19(15-18)17-28-13-11-26(30,12-14-28)20-4-6-21(27)7-5-20/h3-10,15-16,29-30H,11-14,17H2,1-2H3. The topological polar surface area (TPSA) is 62.2 Å².